The fourth-order valence-corrected chi connectivity index (χ4v) is 3.70. The number of aromatic nitrogens is 1. The predicted molar refractivity (Wildman–Crippen MR) is 106 cm³/mol. The standard InChI is InChI=1S/C23H25N3O/c1-2-9-22(10-3-1)27-23-11-6-7-20(17-23)18-25-13-15-26(16-14-25)19-21-8-4-5-12-24-21/h1-12,17H,13-16,18-19H2/p+2. The van der Waals surface area contributed by atoms with Gasteiger partial charge in [0, 0.05) is 11.8 Å². The third kappa shape index (κ3) is 5.16. The number of nitrogens with one attached hydrogen (secondary N) is 2. The first-order chi connectivity index (χ1) is 13.3. The average molecular weight is 361 g/mol. The molecule has 0 saturated carbocycles. The number of ether oxygens (including phenoxy) is 1. The van der Waals surface area contributed by atoms with E-state index in [-0.39, 0.29) is 0 Å². The number of piperazine rings is 1. The summed E-state index contributed by atoms with van der Waals surface area (Å²) in [6, 6.07) is 24.7. The van der Waals surface area contributed by atoms with Gasteiger partial charge in [0.15, 0.2) is 0 Å². The van der Waals surface area contributed by atoms with Gasteiger partial charge in [-0.2, -0.15) is 0 Å². The van der Waals surface area contributed by atoms with Gasteiger partial charge in [-0.25, -0.2) is 0 Å². The molecular weight excluding hydrogens is 334 g/mol. The Hall–Kier alpha value is -2.69. The van der Waals surface area contributed by atoms with E-state index in [2.05, 4.69) is 35.3 Å². The lowest BCUT2D eigenvalue weighted by Gasteiger charge is -2.29. The summed E-state index contributed by atoms with van der Waals surface area (Å²) in [6.07, 6.45) is 1.89. The maximum atomic E-state index is 5.97. The molecule has 0 atom stereocenters. The van der Waals surface area contributed by atoms with Crippen LogP contribution in [0.3, 0.4) is 0 Å². The number of benzene rings is 2. The third-order valence-corrected chi connectivity index (χ3v) is 5.15. The second kappa shape index (κ2) is 8.80. The normalized spacial score (nSPS) is 19.6. The van der Waals surface area contributed by atoms with Crippen molar-refractivity contribution in [3.63, 3.8) is 0 Å². The Morgan fingerprint density at radius 1 is 0.704 bits per heavy atom. The van der Waals surface area contributed by atoms with E-state index in [0.29, 0.717) is 0 Å². The largest absolute Gasteiger partial charge is 0.457 e. The summed E-state index contributed by atoms with van der Waals surface area (Å²) in [6.45, 7) is 6.90. The third-order valence-electron chi connectivity index (χ3n) is 5.15. The lowest BCUT2D eigenvalue weighted by molar-refractivity contribution is -1.02. The second-order valence-electron chi connectivity index (χ2n) is 7.24. The molecule has 1 aromatic heterocycles. The molecule has 2 aromatic carbocycles. The maximum Gasteiger partial charge on any atom is 0.127 e. The molecule has 0 bridgehead atoms. The molecule has 138 valence electrons. The molecule has 1 aliphatic heterocycles. The summed E-state index contributed by atoms with van der Waals surface area (Å²) in [7, 11) is 0. The molecule has 2 N–H and O–H groups in total. The number of hydrogen-bond acceptors (Lipinski definition) is 2. The van der Waals surface area contributed by atoms with E-state index in [1.807, 2.05) is 48.7 Å². The van der Waals surface area contributed by atoms with Crippen LogP contribution in [0.5, 0.6) is 11.5 Å². The van der Waals surface area contributed by atoms with Crippen molar-refractivity contribution in [1.29, 1.82) is 0 Å². The fourth-order valence-electron chi connectivity index (χ4n) is 3.70. The molecule has 1 saturated heterocycles. The van der Waals surface area contributed by atoms with Crippen LogP contribution in [0.1, 0.15) is 11.3 Å². The zero-order valence-corrected chi connectivity index (χ0v) is 15.6. The van der Waals surface area contributed by atoms with Crippen LogP contribution in [0.2, 0.25) is 0 Å². The van der Waals surface area contributed by atoms with E-state index in [4.69, 9.17) is 4.74 Å². The first kappa shape index (κ1) is 17.7. The summed E-state index contributed by atoms with van der Waals surface area (Å²) in [5.41, 5.74) is 2.54. The average Bonchev–Trinajstić information content (AvgIpc) is 2.71. The fraction of sp³-hybridized carbons (Fsp3) is 0.261. The predicted octanol–water partition coefficient (Wildman–Crippen LogP) is 1.36. The van der Waals surface area contributed by atoms with Crippen molar-refractivity contribution in [2.24, 2.45) is 0 Å². The zero-order chi connectivity index (χ0) is 18.3. The minimum atomic E-state index is 0.883. The summed E-state index contributed by atoms with van der Waals surface area (Å²) >= 11 is 0. The van der Waals surface area contributed by atoms with Gasteiger partial charge in [-0.05, 0) is 36.4 Å². The van der Waals surface area contributed by atoms with Gasteiger partial charge in [-0.3, -0.25) is 4.98 Å². The molecule has 0 amide bonds. The summed E-state index contributed by atoms with van der Waals surface area (Å²) in [4.78, 5) is 7.75. The van der Waals surface area contributed by atoms with Crippen molar-refractivity contribution >= 4 is 0 Å². The topological polar surface area (TPSA) is 31.0 Å². The van der Waals surface area contributed by atoms with Gasteiger partial charge in [0.05, 0.1) is 5.69 Å². The summed E-state index contributed by atoms with van der Waals surface area (Å²) in [5.74, 6) is 1.80. The highest BCUT2D eigenvalue weighted by atomic mass is 16.5. The van der Waals surface area contributed by atoms with Gasteiger partial charge in [0.2, 0.25) is 0 Å². The van der Waals surface area contributed by atoms with Crippen LogP contribution in [0.25, 0.3) is 0 Å². The number of pyridine rings is 1. The number of hydrogen-bond donors (Lipinski definition) is 2. The van der Waals surface area contributed by atoms with E-state index in [0.717, 1.165) is 24.6 Å². The van der Waals surface area contributed by atoms with E-state index < -0.39 is 0 Å². The number of rotatable bonds is 6. The Kier molecular flexibility index (Phi) is 5.77. The van der Waals surface area contributed by atoms with Crippen LogP contribution in [0.15, 0.2) is 79.0 Å². The molecule has 0 radical (unpaired) electrons. The van der Waals surface area contributed by atoms with Crippen LogP contribution in [0.4, 0.5) is 0 Å². The molecule has 0 unspecified atom stereocenters. The Bertz CT molecular complexity index is 831. The van der Waals surface area contributed by atoms with Crippen molar-refractivity contribution in [3.05, 3.63) is 90.3 Å². The Balaban J connectivity index is 1.29. The van der Waals surface area contributed by atoms with E-state index in [9.17, 15) is 0 Å². The lowest BCUT2D eigenvalue weighted by Crippen LogP contribution is -3.27. The Labute approximate surface area is 161 Å². The molecule has 2 heterocycles. The van der Waals surface area contributed by atoms with Crippen LogP contribution < -0.4 is 14.5 Å². The highest BCUT2D eigenvalue weighted by Gasteiger charge is 2.23. The second-order valence-corrected chi connectivity index (χ2v) is 7.24. The van der Waals surface area contributed by atoms with Crippen molar-refractivity contribution in [1.82, 2.24) is 4.98 Å². The SMILES string of the molecule is c1ccc(Oc2cccc(C[NH+]3CC[NH+](Cc4ccccn4)CC3)c2)cc1. The molecule has 1 fully saturated rings. The number of para-hydroxylation sites is 1. The van der Waals surface area contributed by atoms with Crippen molar-refractivity contribution in [3.8, 4) is 11.5 Å². The van der Waals surface area contributed by atoms with Crippen LogP contribution in [-0.4, -0.2) is 31.2 Å². The molecule has 1 aliphatic rings. The summed E-state index contributed by atoms with van der Waals surface area (Å²) < 4.78 is 5.97. The van der Waals surface area contributed by atoms with E-state index >= 15 is 0 Å². The molecular formula is C23H27N3O+2. The molecule has 27 heavy (non-hydrogen) atoms. The first-order valence-corrected chi connectivity index (χ1v) is 9.74. The molecule has 0 aliphatic carbocycles. The van der Waals surface area contributed by atoms with Crippen molar-refractivity contribution < 1.29 is 14.5 Å². The van der Waals surface area contributed by atoms with Crippen molar-refractivity contribution in [2.75, 3.05) is 26.2 Å². The van der Waals surface area contributed by atoms with Crippen molar-refractivity contribution in [2.45, 2.75) is 13.1 Å². The highest BCUT2D eigenvalue weighted by molar-refractivity contribution is 5.33. The maximum absolute atomic E-state index is 5.97. The quantitative estimate of drug-likeness (QED) is 0.695. The van der Waals surface area contributed by atoms with Gasteiger partial charge in [-0.1, -0.05) is 36.4 Å². The number of nitrogens with zero attached hydrogens (tertiary/aromatic N) is 1. The smallest absolute Gasteiger partial charge is 0.127 e. The van der Waals surface area contributed by atoms with E-state index in [1.165, 1.54) is 37.4 Å². The van der Waals surface area contributed by atoms with Gasteiger partial charge in [0.25, 0.3) is 0 Å². The Morgan fingerprint density at radius 3 is 2.15 bits per heavy atom. The van der Waals surface area contributed by atoms with Crippen LogP contribution in [0, 0.1) is 0 Å². The summed E-state index contributed by atoms with van der Waals surface area (Å²) in [5, 5.41) is 0. The highest BCUT2D eigenvalue weighted by Crippen LogP contribution is 2.21. The molecule has 0 spiro atoms. The number of quaternary nitrogens is 2. The molecule has 3 aromatic rings. The van der Waals surface area contributed by atoms with Gasteiger partial charge < -0.3 is 14.5 Å². The first-order valence-electron chi connectivity index (χ1n) is 9.74. The minimum Gasteiger partial charge on any atom is -0.457 e. The lowest BCUT2D eigenvalue weighted by atomic mass is 10.2. The van der Waals surface area contributed by atoms with Crippen LogP contribution in [-0.2, 0) is 13.1 Å². The zero-order valence-electron chi connectivity index (χ0n) is 15.6. The van der Waals surface area contributed by atoms with Gasteiger partial charge in [-0.15, -0.1) is 0 Å². The monoisotopic (exact) mass is 361 g/mol. The molecule has 4 rings (SSSR count). The van der Waals surface area contributed by atoms with Gasteiger partial charge in [0.1, 0.15) is 50.8 Å². The molecule has 4 heteroatoms. The van der Waals surface area contributed by atoms with E-state index in [1.54, 1.807) is 9.80 Å². The Morgan fingerprint density at radius 2 is 1.41 bits per heavy atom. The van der Waals surface area contributed by atoms with Crippen LogP contribution >= 0.6 is 0 Å². The minimum absolute atomic E-state index is 0.883. The van der Waals surface area contributed by atoms with Gasteiger partial charge >= 0.3 is 0 Å². The molecule has 4 nitrogen and oxygen atoms in total.